The number of nitrogens with zero attached hydrogens (tertiary/aromatic N) is 2. The zero-order chi connectivity index (χ0) is 22.0. The van der Waals surface area contributed by atoms with Crippen molar-refractivity contribution in [1.29, 1.82) is 0 Å². The van der Waals surface area contributed by atoms with E-state index in [0.717, 1.165) is 56.3 Å². The lowest BCUT2D eigenvalue weighted by molar-refractivity contribution is -0.129. The van der Waals surface area contributed by atoms with Gasteiger partial charge in [-0.05, 0) is 55.7 Å². The van der Waals surface area contributed by atoms with Crippen molar-refractivity contribution < 1.29 is 14.4 Å². The first kappa shape index (κ1) is 21.8. The molecule has 0 spiro atoms. The van der Waals surface area contributed by atoms with Crippen LogP contribution in [0.5, 0.6) is 0 Å². The number of fused-ring (bicyclic) bond motifs is 1. The Morgan fingerprint density at radius 2 is 1.77 bits per heavy atom. The number of hydrogen-bond donors (Lipinski definition) is 2. The van der Waals surface area contributed by atoms with Crippen LogP contribution in [0.1, 0.15) is 61.5 Å². The molecule has 1 aromatic rings. The Kier molecular flexibility index (Phi) is 6.60. The Bertz CT molecular complexity index is 828. The van der Waals surface area contributed by atoms with Crippen LogP contribution in [0.2, 0.25) is 0 Å². The molecule has 1 aliphatic carbocycles. The molecule has 0 aromatic heterocycles. The predicted molar refractivity (Wildman–Crippen MR) is 118 cm³/mol. The van der Waals surface area contributed by atoms with Crippen LogP contribution in [0.3, 0.4) is 0 Å². The molecule has 2 aliphatic heterocycles. The maximum absolute atomic E-state index is 12.9. The van der Waals surface area contributed by atoms with E-state index in [1.807, 2.05) is 18.2 Å². The van der Waals surface area contributed by atoms with Crippen LogP contribution in [-0.4, -0.2) is 66.3 Å². The van der Waals surface area contributed by atoms with E-state index in [1.165, 1.54) is 6.42 Å². The number of hydrogen-bond acceptors (Lipinski definition) is 4. The first-order valence-corrected chi connectivity index (χ1v) is 11.6. The van der Waals surface area contributed by atoms with Gasteiger partial charge in [0.05, 0.1) is 6.54 Å². The maximum Gasteiger partial charge on any atom is 0.255 e. The van der Waals surface area contributed by atoms with E-state index >= 15 is 0 Å². The molecule has 7 heteroatoms. The highest BCUT2D eigenvalue weighted by Crippen LogP contribution is 2.41. The Balaban J connectivity index is 1.22. The molecule has 2 fully saturated rings. The Morgan fingerprint density at radius 1 is 1.06 bits per heavy atom. The van der Waals surface area contributed by atoms with Crippen molar-refractivity contribution >= 4 is 17.7 Å². The Morgan fingerprint density at radius 3 is 2.48 bits per heavy atom. The molecule has 3 atom stereocenters. The summed E-state index contributed by atoms with van der Waals surface area (Å²) < 4.78 is 0. The largest absolute Gasteiger partial charge is 0.355 e. The van der Waals surface area contributed by atoms with Crippen molar-refractivity contribution in [1.82, 2.24) is 20.4 Å². The highest BCUT2D eigenvalue weighted by atomic mass is 16.2. The van der Waals surface area contributed by atoms with E-state index < -0.39 is 6.04 Å². The van der Waals surface area contributed by atoms with E-state index in [1.54, 1.807) is 11.0 Å². The molecule has 2 N–H and O–H groups in total. The van der Waals surface area contributed by atoms with Gasteiger partial charge in [0.15, 0.2) is 0 Å². The molecule has 4 rings (SSSR count). The highest BCUT2D eigenvalue weighted by molar-refractivity contribution is 6.05. The van der Waals surface area contributed by atoms with Crippen LogP contribution >= 0.6 is 0 Å². The zero-order valence-electron chi connectivity index (χ0n) is 18.6. The van der Waals surface area contributed by atoms with Gasteiger partial charge in [-0.1, -0.05) is 32.0 Å². The fraction of sp³-hybridized carbons (Fsp3) is 0.625. The third-order valence-corrected chi connectivity index (χ3v) is 6.53. The van der Waals surface area contributed by atoms with Crippen molar-refractivity contribution in [2.24, 2.45) is 11.8 Å². The Hall–Kier alpha value is -2.41. The standard InChI is InChI=1S/C24H34N4O3/c1-16-12-17(2)15-27(14-16)11-5-10-25-21(29)13-26-23(30)22-19-6-3-4-7-20(19)24(31)28(22)18-8-9-18/h3-4,6-7,16-18,22H,5,8-15H2,1-2H3,(H,25,29)(H,26,30). The first-order chi connectivity index (χ1) is 14.9. The number of benzene rings is 1. The summed E-state index contributed by atoms with van der Waals surface area (Å²) in [5, 5.41) is 5.65. The quantitative estimate of drug-likeness (QED) is 0.623. The number of carbonyl (C=O) groups excluding carboxylic acids is 3. The third kappa shape index (κ3) is 5.09. The van der Waals surface area contributed by atoms with Gasteiger partial charge in [-0.2, -0.15) is 0 Å². The number of nitrogens with one attached hydrogen (secondary N) is 2. The summed E-state index contributed by atoms with van der Waals surface area (Å²) in [5.74, 6) is 0.915. The minimum atomic E-state index is -0.632. The predicted octanol–water partition coefficient (Wildman–Crippen LogP) is 1.95. The summed E-state index contributed by atoms with van der Waals surface area (Å²) in [6.45, 7) is 8.38. The number of rotatable bonds is 8. The van der Waals surface area contributed by atoms with Gasteiger partial charge in [0.2, 0.25) is 11.8 Å². The monoisotopic (exact) mass is 426 g/mol. The second-order valence-corrected chi connectivity index (χ2v) is 9.56. The summed E-state index contributed by atoms with van der Waals surface area (Å²) in [5.41, 5.74) is 1.34. The van der Waals surface area contributed by atoms with Gasteiger partial charge in [0.25, 0.3) is 5.91 Å². The molecule has 7 nitrogen and oxygen atoms in total. The summed E-state index contributed by atoms with van der Waals surface area (Å²) in [6.07, 6.45) is 4.05. The van der Waals surface area contributed by atoms with Crippen LogP contribution in [0.4, 0.5) is 0 Å². The smallest absolute Gasteiger partial charge is 0.255 e. The molecule has 1 saturated carbocycles. The van der Waals surface area contributed by atoms with Crippen molar-refractivity contribution in [3.8, 4) is 0 Å². The Labute approximate surface area is 184 Å². The molecule has 1 saturated heterocycles. The summed E-state index contributed by atoms with van der Waals surface area (Å²) >= 11 is 0. The number of amides is 3. The van der Waals surface area contributed by atoms with Crippen molar-refractivity contribution in [2.75, 3.05) is 32.7 Å². The van der Waals surface area contributed by atoms with Crippen LogP contribution in [-0.2, 0) is 9.59 Å². The highest BCUT2D eigenvalue weighted by Gasteiger charge is 2.47. The lowest BCUT2D eigenvalue weighted by Crippen LogP contribution is -2.44. The molecule has 3 amide bonds. The molecular formula is C24H34N4O3. The topological polar surface area (TPSA) is 81.8 Å². The maximum atomic E-state index is 12.9. The first-order valence-electron chi connectivity index (χ1n) is 11.6. The average molecular weight is 427 g/mol. The zero-order valence-corrected chi connectivity index (χ0v) is 18.6. The van der Waals surface area contributed by atoms with Gasteiger partial charge < -0.3 is 20.4 Å². The number of piperidine rings is 1. The number of likely N-dealkylation sites (tertiary alicyclic amines) is 1. The van der Waals surface area contributed by atoms with Crippen LogP contribution in [0.25, 0.3) is 0 Å². The molecule has 3 aliphatic rings. The summed E-state index contributed by atoms with van der Waals surface area (Å²) in [6, 6.07) is 6.77. The van der Waals surface area contributed by atoms with E-state index in [2.05, 4.69) is 29.4 Å². The van der Waals surface area contributed by atoms with Gasteiger partial charge in [0, 0.05) is 31.2 Å². The molecule has 2 heterocycles. The molecule has 1 aromatic carbocycles. The van der Waals surface area contributed by atoms with Crippen LogP contribution in [0.15, 0.2) is 24.3 Å². The minimum absolute atomic E-state index is 0.0675. The third-order valence-electron chi connectivity index (χ3n) is 6.53. The van der Waals surface area contributed by atoms with Crippen molar-refractivity contribution in [3.05, 3.63) is 35.4 Å². The average Bonchev–Trinajstić information content (AvgIpc) is 3.53. The van der Waals surface area contributed by atoms with Crippen molar-refractivity contribution in [2.45, 2.75) is 51.6 Å². The second kappa shape index (κ2) is 9.39. The summed E-state index contributed by atoms with van der Waals surface area (Å²) in [4.78, 5) is 42.1. The summed E-state index contributed by atoms with van der Waals surface area (Å²) in [7, 11) is 0. The van der Waals surface area contributed by atoms with E-state index in [9.17, 15) is 14.4 Å². The van der Waals surface area contributed by atoms with Crippen LogP contribution in [0, 0.1) is 11.8 Å². The SMILES string of the molecule is CC1CC(C)CN(CCCNC(=O)CNC(=O)C2c3ccccc3C(=O)N2C2CC2)C1. The molecule has 0 bridgehead atoms. The molecule has 168 valence electrons. The van der Waals surface area contributed by atoms with Crippen LogP contribution < -0.4 is 10.6 Å². The van der Waals surface area contributed by atoms with Gasteiger partial charge in [-0.15, -0.1) is 0 Å². The van der Waals surface area contributed by atoms with E-state index in [0.29, 0.717) is 12.1 Å². The van der Waals surface area contributed by atoms with Crippen molar-refractivity contribution in [3.63, 3.8) is 0 Å². The molecule has 0 radical (unpaired) electrons. The fourth-order valence-electron chi connectivity index (χ4n) is 5.16. The molecule has 3 unspecified atom stereocenters. The van der Waals surface area contributed by atoms with E-state index in [-0.39, 0.29) is 30.3 Å². The minimum Gasteiger partial charge on any atom is -0.355 e. The molecular weight excluding hydrogens is 392 g/mol. The number of carbonyl (C=O) groups is 3. The van der Waals surface area contributed by atoms with Gasteiger partial charge in [-0.3, -0.25) is 14.4 Å². The van der Waals surface area contributed by atoms with Gasteiger partial charge in [0.1, 0.15) is 6.04 Å². The molecule has 31 heavy (non-hydrogen) atoms. The van der Waals surface area contributed by atoms with Gasteiger partial charge in [-0.25, -0.2) is 0 Å². The fourth-order valence-corrected chi connectivity index (χ4v) is 5.16. The second-order valence-electron chi connectivity index (χ2n) is 9.56. The van der Waals surface area contributed by atoms with E-state index in [4.69, 9.17) is 0 Å². The lowest BCUT2D eigenvalue weighted by Gasteiger charge is -2.34. The van der Waals surface area contributed by atoms with Gasteiger partial charge >= 0.3 is 0 Å². The lowest BCUT2D eigenvalue weighted by atomic mass is 9.92. The normalized spacial score (nSPS) is 25.9.